The molecule has 5 aromatic rings. The van der Waals surface area contributed by atoms with Gasteiger partial charge < -0.3 is 14.5 Å². The first-order chi connectivity index (χ1) is 18.5. The third-order valence-corrected chi connectivity index (χ3v) is 8.55. The molecule has 6 rings (SSSR count). The van der Waals surface area contributed by atoms with Crippen LogP contribution in [-0.4, -0.2) is 44.1 Å². The molecule has 0 radical (unpaired) electrons. The molecule has 0 bridgehead atoms. The molecule has 38 heavy (non-hydrogen) atoms. The molecule has 2 aromatic carbocycles. The highest BCUT2D eigenvalue weighted by molar-refractivity contribution is 7.99. The maximum atomic E-state index is 12.8. The summed E-state index contributed by atoms with van der Waals surface area (Å²) in [6.07, 6.45) is 3.82. The number of hydrogen-bond donors (Lipinski definition) is 1. The van der Waals surface area contributed by atoms with Crippen molar-refractivity contribution in [2.24, 2.45) is 0 Å². The molecular formula is C28H27N5O3S2. The van der Waals surface area contributed by atoms with Crippen LogP contribution in [0.25, 0.3) is 32.2 Å². The smallest absolute Gasteiger partial charge is 0.234 e. The van der Waals surface area contributed by atoms with Crippen LogP contribution in [0.4, 0.5) is 5.69 Å². The lowest BCUT2D eigenvalue weighted by Gasteiger charge is -2.14. The van der Waals surface area contributed by atoms with E-state index in [4.69, 9.17) is 14.1 Å². The Labute approximate surface area is 228 Å². The normalized spacial score (nSPS) is 15.4. The van der Waals surface area contributed by atoms with Crippen molar-refractivity contribution in [3.05, 3.63) is 66.1 Å². The summed E-state index contributed by atoms with van der Waals surface area (Å²) >= 11 is 3.04. The summed E-state index contributed by atoms with van der Waals surface area (Å²) in [6, 6.07) is 16.0. The van der Waals surface area contributed by atoms with E-state index in [-0.39, 0.29) is 17.8 Å². The number of nitrogens with zero attached hydrogens (tertiary/aromatic N) is 4. The van der Waals surface area contributed by atoms with E-state index in [9.17, 15) is 4.79 Å². The SMILES string of the molecule is Cc1ccc2nc(-c3ccc(NC(=O)CSc4nnc(-c5ccoc5C)n4CC4CCCO4)cc3)sc2c1. The van der Waals surface area contributed by atoms with Crippen LogP contribution in [0, 0.1) is 13.8 Å². The van der Waals surface area contributed by atoms with Gasteiger partial charge >= 0.3 is 0 Å². The minimum Gasteiger partial charge on any atom is -0.469 e. The first-order valence-corrected chi connectivity index (χ1v) is 14.3. The van der Waals surface area contributed by atoms with E-state index >= 15 is 0 Å². The lowest BCUT2D eigenvalue weighted by molar-refractivity contribution is -0.113. The number of ether oxygens (including phenoxy) is 1. The summed E-state index contributed by atoms with van der Waals surface area (Å²) in [5, 5.41) is 13.5. The van der Waals surface area contributed by atoms with Gasteiger partial charge in [0, 0.05) is 17.9 Å². The molecule has 1 aliphatic rings. The van der Waals surface area contributed by atoms with Crippen molar-refractivity contribution in [3.8, 4) is 22.0 Å². The molecule has 0 aliphatic carbocycles. The average molecular weight is 546 g/mol. The number of fused-ring (bicyclic) bond motifs is 1. The van der Waals surface area contributed by atoms with Crippen LogP contribution >= 0.6 is 23.1 Å². The van der Waals surface area contributed by atoms with Gasteiger partial charge in [0.1, 0.15) is 10.8 Å². The Morgan fingerprint density at radius 1 is 1.16 bits per heavy atom. The molecule has 0 saturated carbocycles. The summed E-state index contributed by atoms with van der Waals surface area (Å²) in [5.74, 6) is 1.62. The third-order valence-electron chi connectivity index (χ3n) is 6.52. The number of carbonyl (C=O) groups is 1. The topological polar surface area (TPSA) is 95.1 Å². The molecule has 10 heteroatoms. The summed E-state index contributed by atoms with van der Waals surface area (Å²) in [5.41, 5.74) is 4.90. The number of rotatable bonds is 8. The van der Waals surface area contributed by atoms with Crippen LogP contribution in [0.1, 0.15) is 24.2 Å². The number of amides is 1. The van der Waals surface area contributed by atoms with Crippen molar-refractivity contribution in [3.63, 3.8) is 0 Å². The molecule has 3 aromatic heterocycles. The second kappa shape index (κ2) is 10.7. The largest absolute Gasteiger partial charge is 0.469 e. The molecule has 1 N–H and O–H groups in total. The average Bonchev–Trinajstić information content (AvgIpc) is 3.71. The zero-order valence-corrected chi connectivity index (χ0v) is 22.8. The van der Waals surface area contributed by atoms with Crippen LogP contribution in [0.5, 0.6) is 0 Å². The molecule has 194 valence electrons. The van der Waals surface area contributed by atoms with Gasteiger partial charge in [0.05, 0.1) is 40.4 Å². The Hall–Kier alpha value is -3.47. The molecule has 1 aliphatic heterocycles. The van der Waals surface area contributed by atoms with Gasteiger partial charge in [-0.05, 0) is 74.7 Å². The highest BCUT2D eigenvalue weighted by atomic mass is 32.2. The van der Waals surface area contributed by atoms with E-state index in [1.165, 1.54) is 22.0 Å². The van der Waals surface area contributed by atoms with Crippen molar-refractivity contribution < 1.29 is 13.9 Å². The van der Waals surface area contributed by atoms with Crippen molar-refractivity contribution in [1.82, 2.24) is 19.7 Å². The Morgan fingerprint density at radius 3 is 2.79 bits per heavy atom. The zero-order valence-electron chi connectivity index (χ0n) is 21.1. The van der Waals surface area contributed by atoms with E-state index in [2.05, 4.69) is 40.6 Å². The maximum absolute atomic E-state index is 12.8. The second-order valence-corrected chi connectivity index (χ2v) is 11.3. The van der Waals surface area contributed by atoms with Gasteiger partial charge in [-0.3, -0.25) is 9.36 Å². The highest BCUT2D eigenvalue weighted by Gasteiger charge is 2.23. The third kappa shape index (κ3) is 5.24. The molecule has 1 unspecified atom stereocenters. The predicted octanol–water partition coefficient (Wildman–Crippen LogP) is 6.34. The zero-order chi connectivity index (χ0) is 26.1. The van der Waals surface area contributed by atoms with Gasteiger partial charge in [-0.25, -0.2) is 4.98 Å². The Morgan fingerprint density at radius 2 is 2.03 bits per heavy atom. The van der Waals surface area contributed by atoms with E-state index < -0.39 is 0 Å². The fourth-order valence-electron chi connectivity index (χ4n) is 4.55. The Kier molecular flexibility index (Phi) is 7.01. The fourth-order valence-corrected chi connectivity index (χ4v) is 6.36. The maximum Gasteiger partial charge on any atom is 0.234 e. The van der Waals surface area contributed by atoms with Crippen molar-refractivity contribution in [2.75, 3.05) is 17.7 Å². The van der Waals surface area contributed by atoms with Gasteiger partial charge in [-0.2, -0.15) is 0 Å². The molecular weight excluding hydrogens is 518 g/mol. The van der Waals surface area contributed by atoms with Crippen LogP contribution in [0.2, 0.25) is 0 Å². The molecule has 4 heterocycles. The van der Waals surface area contributed by atoms with Crippen molar-refractivity contribution in [2.45, 2.75) is 44.5 Å². The highest BCUT2D eigenvalue weighted by Crippen LogP contribution is 2.32. The Bertz CT molecular complexity index is 1580. The quantitative estimate of drug-likeness (QED) is 0.227. The molecule has 1 amide bonds. The van der Waals surface area contributed by atoms with Gasteiger partial charge in [0.25, 0.3) is 0 Å². The number of furan rings is 1. The van der Waals surface area contributed by atoms with E-state index in [1.807, 2.05) is 41.8 Å². The number of thioether (sulfide) groups is 1. The summed E-state index contributed by atoms with van der Waals surface area (Å²) in [6.45, 7) is 5.41. The molecule has 1 saturated heterocycles. The van der Waals surface area contributed by atoms with Crippen LogP contribution in [0.15, 0.2) is 64.4 Å². The van der Waals surface area contributed by atoms with Gasteiger partial charge in [-0.1, -0.05) is 17.8 Å². The van der Waals surface area contributed by atoms with Gasteiger partial charge in [-0.15, -0.1) is 21.5 Å². The summed E-state index contributed by atoms with van der Waals surface area (Å²) < 4.78 is 14.6. The Balaban J connectivity index is 1.12. The number of thiazole rings is 1. The molecule has 8 nitrogen and oxygen atoms in total. The first-order valence-electron chi connectivity index (χ1n) is 12.5. The van der Waals surface area contributed by atoms with Gasteiger partial charge in [0.15, 0.2) is 11.0 Å². The number of hydrogen-bond acceptors (Lipinski definition) is 8. The van der Waals surface area contributed by atoms with Crippen LogP contribution in [-0.2, 0) is 16.1 Å². The van der Waals surface area contributed by atoms with Crippen LogP contribution in [0.3, 0.4) is 0 Å². The van der Waals surface area contributed by atoms with E-state index in [0.29, 0.717) is 11.7 Å². The standard InChI is InChI=1S/C28H27N5O3S2/c1-17-5-10-23-24(14-17)38-27(30-23)19-6-8-20(9-7-19)29-25(34)16-37-28-32-31-26(22-11-13-35-18(22)2)33(28)15-21-4-3-12-36-21/h5-11,13-14,21H,3-4,12,15-16H2,1-2H3,(H,29,34). The van der Waals surface area contributed by atoms with Crippen LogP contribution < -0.4 is 5.32 Å². The number of aromatic nitrogens is 4. The number of anilines is 1. The first kappa shape index (κ1) is 24.8. The van der Waals surface area contributed by atoms with E-state index in [0.717, 1.165) is 58.4 Å². The summed E-state index contributed by atoms with van der Waals surface area (Å²) in [7, 11) is 0. The lowest BCUT2D eigenvalue weighted by atomic mass is 10.2. The minimum atomic E-state index is -0.106. The summed E-state index contributed by atoms with van der Waals surface area (Å²) in [4.78, 5) is 17.5. The molecule has 1 fully saturated rings. The second-order valence-electron chi connectivity index (χ2n) is 9.35. The number of benzene rings is 2. The van der Waals surface area contributed by atoms with E-state index in [1.54, 1.807) is 17.6 Å². The lowest BCUT2D eigenvalue weighted by Crippen LogP contribution is -2.18. The monoisotopic (exact) mass is 545 g/mol. The van der Waals surface area contributed by atoms with Gasteiger partial charge in [0.2, 0.25) is 5.91 Å². The number of carbonyl (C=O) groups excluding carboxylic acids is 1. The molecule has 1 atom stereocenters. The molecule has 0 spiro atoms. The fraction of sp³-hybridized carbons (Fsp3) is 0.286. The number of aryl methyl sites for hydroxylation is 2. The number of nitrogens with one attached hydrogen (secondary N) is 1. The minimum absolute atomic E-state index is 0.106. The van der Waals surface area contributed by atoms with Crippen molar-refractivity contribution >= 4 is 44.9 Å². The van der Waals surface area contributed by atoms with Crippen molar-refractivity contribution in [1.29, 1.82) is 0 Å². The predicted molar refractivity (Wildman–Crippen MR) is 151 cm³/mol.